The lowest BCUT2D eigenvalue weighted by Crippen LogP contribution is -2.00. The van der Waals surface area contributed by atoms with Gasteiger partial charge in [-0.3, -0.25) is 4.98 Å². The lowest BCUT2D eigenvalue weighted by Gasteiger charge is -2.11. The molecular formula is C14H13Cl2NO. The Labute approximate surface area is 116 Å². The molecule has 0 radical (unpaired) electrons. The second-order valence-corrected chi connectivity index (χ2v) is 5.11. The largest absolute Gasteiger partial charge is 0.300 e. The molecule has 0 aliphatic carbocycles. The number of rotatable bonds is 3. The number of aryl methyl sites for hydroxylation is 1. The van der Waals surface area contributed by atoms with E-state index in [-0.39, 0.29) is 5.78 Å². The summed E-state index contributed by atoms with van der Waals surface area (Å²) in [6.45, 7) is 3.47. The van der Waals surface area contributed by atoms with Crippen LogP contribution in [0.3, 0.4) is 0 Å². The molecule has 0 bridgehead atoms. The number of carbonyl (C=O) groups is 1. The molecule has 2 nitrogen and oxygen atoms in total. The van der Waals surface area contributed by atoms with Crippen molar-refractivity contribution in [2.75, 3.05) is 0 Å². The van der Waals surface area contributed by atoms with E-state index in [1.54, 1.807) is 13.0 Å². The molecule has 4 heteroatoms. The average molecular weight is 282 g/mol. The van der Waals surface area contributed by atoms with Crippen molar-refractivity contribution in [2.45, 2.75) is 26.7 Å². The summed E-state index contributed by atoms with van der Waals surface area (Å²) in [6.07, 6.45) is 1.10. The number of nitrogens with zero attached hydrogens (tertiary/aromatic N) is 1. The molecule has 0 aliphatic rings. The molecule has 94 valence electrons. The maximum Gasteiger partial charge on any atom is 0.130 e. The van der Waals surface area contributed by atoms with Gasteiger partial charge in [0, 0.05) is 17.5 Å². The van der Waals surface area contributed by atoms with Crippen LogP contribution in [0.1, 0.15) is 24.6 Å². The molecule has 2 rings (SSSR count). The molecule has 0 unspecified atom stereocenters. The zero-order chi connectivity index (χ0) is 13.3. The number of halogens is 2. The minimum absolute atomic E-state index is 0.150. The molecule has 1 aromatic carbocycles. The van der Waals surface area contributed by atoms with Crippen LogP contribution in [0.5, 0.6) is 0 Å². The number of Topliss-reactive ketones (excluding diaryl/α,β-unsaturated/α-hetero) is 1. The van der Waals surface area contributed by atoms with Gasteiger partial charge in [0.2, 0.25) is 0 Å². The molecule has 1 heterocycles. The molecule has 0 spiro atoms. The summed E-state index contributed by atoms with van der Waals surface area (Å²) < 4.78 is 0. The van der Waals surface area contributed by atoms with E-state index in [0.29, 0.717) is 28.4 Å². The highest BCUT2D eigenvalue weighted by atomic mass is 35.5. The third-order valence-corrected chi connectivity index (χ3v) is 3.67. The van der Waals surface area contributed by atoms with E-state index >= 15 is 0 Å². The minimum Gasteiger partial charge on any atom is -0.300 e. The summed E-state index contributed by atoms with van der Waals surface area (Å²) in [6, 6.07) is 5.54. The molecule has 0 saturated carbocycles. The van der Waals surface area contributed by atoms with Crippen LogP contribution >= 0.6 is 23.2 Å². The first kappa shape index (κ1) is 13.3. The van der Waals surface area contributed by atoms with Crippen LogP contribution in [-0.4, -0.2) is 10.8 Å². The summed E-state index contributed by atoms with van der Waals surface area (Å²) in [5.74, 6) is 0.150. The standard InChI is InChI=1S/C14H13Cl2NO/c1-8(18)6-7-10-9(2)17-14-11(13(10)16)4-3-5-12(14)15/h3-5H,6-7H2,1-2H3. The van der Waals surface area contributed by atoms with E-state index in [2.05, 4.69) is 4.98 Å². The fraction of sp³-hybridized carbons (Fsp3) is 0.286. The lowest BCUT2D eigenvalue weighted by molar-refractivity contribution is -0.116. The topological polar surface area (TPSA) is 30.0 Å². The van der Waals surface area contributed by atoms with E-state index in [1.807, 2.05) is 19.1 Å². The summed E-state index contributed by atoms with van der Waals surface area (Å²) in [5, 5.41) is 2.09. The second kappa shape index (κ2) is 5.25. The Balaban J connectivity index is 2.58. The van der Waals surface area contributed by atoms with Crippen LogP contribution in [0.2, 0.25) is 10.0 Å². The Morgan fingerprint density at radius 3 is 2.72 bits per heavy atom. The van der Waals surface area contributed by atoms with Crippen molar-refractivity contribution >= 4 is 39.9 Å². The van der Waals surface area contributed by atoms with Crippen molar-refractivity contribution in [1.29, 1.82) is 0 Å². The average Bonchev–Trinajstić information content (AvgIpc) is 2.30. The first-order valence-electron chi connectivity index (χ1n) is 5.73. The van der Waals surface area contributed by atoms with Crippen LogP contribution in [0.15, 0.2) is 18.2 Å². The number of hydrogen-bond acceptors (Lipinski definition) is 2. The zero-order valence-corrected chi connectivity index (χ0v) is 11.8. The van der Waals surface area contributed by atoms with Crippen molar-refractivity contribution < 1.29 is 4.79 Å². The van der Waals surface area contributed by atoms with Crippen LogP contribution in [0.4, 0.5) is 0 Å². The van der Waals surface area contributed by atoms with Gasteiger partial charge in [-0.05, 0) is 31.9 Å². The van der Waals surface area contributed by atoms with Crippen molar-refractivity contribution in [1.82, 2.24) is 4.98 Å². The van der Waals surface area contributed by atoms with Gasteiger partial charge in [0.25, 0.3) is 0 Å². The van der Waals surface area contributed by atoms with Gasteiger partial charge in [-0.25, -0.2) is 0 Å². The van der Waals surface area contributed by atoms with Crippen molar-refractivity contribution in [2.24, 2.45) is 0 Å². The third kappa shape index (κ3) is 2.50. The highest BCUT2D eigenvalue weighted by Crippen LogP contribution is 2.32. The van der Waals surface area contributed by atoms with Gasteiger partial charge < -0.3 is 4.79 Å². The number of fused-ring (bicyclic) bond motifs is 1. The van der Waals surface area contributed by atoms with E-state index in [0.717, 1.165) is 16.6 Å². The number of para-hydroxylation sites is 1. The highest BCUT2D eigenvalue weighted by Gasteiger charge is 2.13. The van der Waals surface area contributed by atoms with Crippen molar-refractivity contribution in [3.8, 4) is 0 Å². The van der Waals surface area contributed by atoms with E-state index in [1.165, 1.54) is 0 Å². The first-order valence-corrected chi connectivity index (χ1v) is 6.49. The summed E-state index contributed by atoms with van der Waals surface area (Å²) in [4.78, 5) is 15.6. The number of pyridine rings is 1. The minimum atomic E-state index is 0.150. The maximum absolute atomic E-state index is 11.1. The maximum atomic E-state index is 11.1. The second-order valence-electron chi connectivity index (χ2n) is 4.33. The van der Waals surface area contributed by atoms with Gasteiger partial charge in [0.1, 0.15) is 5.78 Å². The number of ketones is 1. The van der Waals surface area contributed by atoms with Gasteiger partial charge in [-0.15, -0.1) is 0 Å². The Hall–Kier alpha value is -1.12. The number of benzene rings is 1. The van der Waals surface area contributed by atoms with Crippen molar-refractivity contribution in [3.63, 3.8) is 0 Å². The highest BCUT2D eigenvalue weighted by molar-refractivity contribution is 6.39. The van der Waals surface area contributed by atoms with Gasteiger partial charge in [0.15, 0.2) is 0 Å². The molecule has 0 saturated heterocycles. The van der Waals surface area contributed by atoms with Crippen LogP contribution in [0.25, 0.3) is 10.9 Å². The van der Waals surface area contributed by atoms with Crippen LogP contribution in [0, 0.1) is 6.92 Å². The van der Waals surface area contributed by atoms with E-state index < -0.39 is 0 Å². The summed E-state index contributed by atoms with van der Waals surface area (Å²) >= 11 is 12.5. The Bertz CT molecular complexity index is 623. The summed E-state index contributed by atoms with van der Waals surface area (Å²) in [5.41, 5.74) is 2.48. The molecule has 0 N–H and O–H groups in total. The van der Waals surface area contributed by atoms with Crippen LogP contribution < -0.4 is 0 Å². The molecule has 1 aromatic heterocycles. The molecule has 0 atom stereocenters. The molecule has 2 aromatic rings. The Morgan fingerprint density at radius 1 is 1.33 bits per heavy atom. The fourth-order valence-corrected chi connectivity index (χ4v) is 2.55. The van der Waals surface area contributed by atoms with Crippen LogP contribution in [-0.2, 0) is 11.2 Å². The smallest absolute Gasteiger partial charge is 0.130 e. The third-order valence-electron chi connectivity index (χ3n) is 2.93. The quantitative estimate of drug-likeness (QED) is 0.836. The monoisotopic (exact) mass is 281 g/mol. The van der Waals surface area contributed by atoms with Crippen molar-refractivity contribution in [3.05, 3.63) is 39.5 Å². The summed E-state index contributed by atoms with van der Waals surface area (Å²) in [7, 11) is 0. The lowest BCUT2D eigenvalue weighted by atomic mass is 10.0. The number of aromatic nitrogens is 1. The first-order chi connectivity index (χ1) is 8.50. The zero-order valence-electron chi connectivity index (χ0n) is 10.3. The normalized spacial score (nSPS) is 10.9. The predicted molar refractivity (Wildman–Crippen MR) is 75.5 cm³/mol. The molecule has 18 heavy (non-hydrogen) atoms. The molecule has 0 aliphatic heterocycles. The number of carbonyl (C=O) groups excluding carboxylic acids is 1. The van der Waals surface area contributed by atoms with Gasteiger partial charge >= 0.3 is 0 Å². The van der Waals surface area contributed by atoms with E-state index in [4.69, 9.17) is 23.2 Å². The Morgan fingerprint density at radius 2 is 2.06 bits per heavy atom. The van der Waals surface area contributed by atoms with Gasteiger partial charge in [0.05, 0.1) is 15.6 Å². The number of hydrogen-bond donors (Lipinski definition) is 0. The Kier molecular flexibility index (Phi) is 3.88. The fourth-order valence-electron chi connectivity index (χ4n) is 1.95. The predicted octanol–water partition coefficient (Wildman–Crippen LogP) is 4.37. The van der Waals surface area contributed by atoms with Gasteiger partial charge in [-0.2, -0.15) is 0 Å². The molecular weight excluding hydrogens is 269 g/mol. The SMILES string of the molecule is CC(=O)CCc1c(C)nc2c(Cl)cccc2c1Cl. The van der Waals surface area contributed by atoms with E-state index in [9.17, 15) is 4.79 Å². The molecule has 0 fully saturated rings. The molecule has 0 amide bonds. The van der Waals surface area contributed by atoms with Gasteiger partial charge in [-0.1, -0.05) is 35.3 Å².